The van der Waals surface area contributed by atoms with E-state index in [0.29, 0.717) is 19.3 Å². The minimum absolute atomic E-state index is 0.0400. The average Bonchev–Trinajstić information content (AvgIpc) is 3.74. The van der Waals surface area contributed by atoms with Gasteiger partial charge in [0.2, 0.25) is 23.5 Å². The predicted octanol–water partition coefficient (Wildman–Crippen LogP) is 2.33. The first-order chi connectivity index (χ1) is 25.8. The second-order valence-electron chi connectivity index (χ2n) is 14.8. The number of carbonyl (C=O) groups excluding carboxylic acids is 6. The molecule has 0 bridgehead atoms. The van der Waals surface area contributed by atoms with Crippen LogP contribution in [0.1, 0.15) is 89.3 Å². The molecular weight excluding hydrogens is 694 g/mol. The SMILES string of the molecule is CCCC(NC(=O)C1C2CCC(OCOC)[C@H]2CN1C(=O)C(NC(=O)C(NC(=O)c1cnccn1)C(C)C)C(C)C)C(=O)C(=O)N[C@H](C)c1ccccc1. The molecule has 294 valence electrons. The van der Waals surface area contributed by atoms with Crippen molar-refractivity contribution in [2.45, 2.75) is 104 Å². The minimum Gasteiger partial charge on any atom is -0.359 e. The molecule has 8 atom stereocenters. The zero-order valence-electron chi connectivity index (χ0n) is 32.2. The van der Waals surface area contributed by atoms with E-state index >= 15 is 0 Å². The first-order valence-corrected chi connectivity index (χ1v) is 18.8. The maximum absolute atomic E-state index is 14.6. The van der Waals surface area contributed by atoms with Gasteiger partial charge in [0, 0.05) is 32.0 Å². The number of carbonyl (C=O) groups is 6. The van der Waals surface area contributed by atoms with Gasteiger partial charge in [0.25, 0.3) is 11.8 Å². The summed E-state index contributed by atoms with van der Waals surface area (Å²) < 4.78 is 11.1. The van der Waals surface area contributed by atoms with Crippen molar-refractivity contribution >= 4 is 35.3 Å². The number of nitrogens with zero attached hydrogens (tertiary/aromatic N) is 3. The van der Waals surface area contributed by atoms with Crippen LogP contribution >= 0.6 is 0 Å². The smallest absolute Gasteiger partial charge is 0.290 e. The van der Waals surface area contributed by atoms with Gasteiger partial charge in [0.05, 0.1) is 24.4 Å². The van der Waals surface area contributed by atoms with Gasteiger partial charge in [-0.05, 0) is 49.5 Å². The van der Waals surface area contributed by atoms with Gasteiger partial charge >= 0.3 is 0 Å². The Bertz CT molecular complexity index is 1610. The highest BCUT2D eigenvalue weighted by Crippen LogP contribution is 2.44. The molecule has 0 spiro atoms. The van der Waals surface area contributed by atoms with Crippen molar-refractivity contribution in [2.24, 2.45) is 23.7 Å². The number of benzene rings is 1. The second kappa shape index (κ2) is 19.5. The van der Waals surface area contributed by atoms with E-state index in [0.717, 1.165) is 5.56 Å². The van der Waals surface area contributed by atoms with Crippen molar-refractivity contribution in [2.75, 3.05) is 20.4 Å². The number of likely N-dealkylation sites (tertiary alicyclic amines) is 1. The Morgan fingerprint density at radius 3 is 2.19 bits per heavy atom. The molecule has 2 aliphatic rings. The molecule has 6 unspecified atom stereocenters. The van der Waals surface area contributed by atoms with Crippen LogP contribution in [0.3, 0.4) is 0 Å². The van der Waals surface area contributed by atoms with Gasteiger partial charge in [-0.3, -0.25) is 33.8 Å². The number of hydrogen-bond acceptors (Lipinski definition) is 10. The predicted molar refractivity (Wildman–Crippen MR) is 198 cm³/mol. The molecule has 1 saturated carbocycles. The van der Waals surface area contributed by atoms with E-state index in [1.165, 1.54) is 30.6 Å². The lowest BCUT2D eigenvalue weighted by Crippen LogP contribution is -2.60. The number of methoxy groups -OCH3 is 1. The van der Waals surface area contributed by atoms with E-state index < -0.39 is 71.4 Å². The van der Waals surface area contributed by atoms with Crippen LogP contribution in [0.5, 0.6) is 0 Å². The highest BCUT2D eigenvalue weighted by Gasteiger charge is 2.55. The van der Waals surface area contributed by atoms with E-state index in [2.05, 4.69) is 31.2 Å². The normalized spacial score (nSPS) is 21.5. The minimum atomic E-state index is -1.12. The Morgan fingerprint density at radius 2 is 1.57 bits per heavy atom. The van der Waals surface area contributed by atoms with Crippen molar-refractivity contribution in [3.8, 4) is 0 Å². The molecule has 4 N–H and O–H groups in total. The molecule has 15 nitrogen and oxygen atoms in total. The number of aromatic nitrogens is 2. The number of nitrogens with one attached hydrogen (secondary N) is 4. The maximum atomic E-state index is 14.6. The van der Waals surface area contributed by atoms with Crippen molar-refractivity contribution in [3.63, 3.8) is 0 Å². The van der Waals surface area contributed by atoms with Crippen LogP contribution in [-0.2, 0) is 33.4 Å². The summed E-state index contributed by atoms with van der Waals surface area (Å²) in [7, 11) is 1.52. The highest BCUT2D eigenvalue weighted by molar-refractivity contribution is 6.38. The number of hydrogen-bond donors (Lipinski definition) is 4. The summed E-state index contributed by atoms with van der Waals surface area (Å²) in [5, 5.41) is 11.1. The van der Waals surface area contributed by atoms with E-state index in [-0.39, 0.29) is 49.3 Å². The molecule has 2 aromatic rings. The van der Waals surface area contributed by atoms with Crippen molar-refractivity contribution in [1.82, 2.24) is 36.1 Å². The fourth-order valence-corrected chi connectivity index (χ4v) is 7.37. The van der Waals surface area contributed by atoms with Crippen LogP contribution in [0.2, 0.25) is 0 Å². The monoisotopic (exact) mass is 749 g/mol. The zero-order valence-corrected chi connectivity index (χ0v) is 32.2. The molecule has 1 aliphatic heterocycles. The molecule has 1 aromatic carbocycles. The first-order valence-electron chi connectivity index (χ1n) is 18.8. The van der Waals surface area contributed by atoms with E-state index in [4.69, 9.17) is 9.47 Å². The molecule has 54 heavy (non-hydrogen) atoms. The lowest BCUT2D eigenvalue weighted by molar-refractivity contribution is -0.145. The third kappa shape index (κ3) is 10.3. The first kappa shape index (κ1) is 42.0. The van der Waals surface area contributed by atoms with Crippen LogP contribution in [0, 0.1) is 23.7 Å². The molecule has 15 heteroatoms. The topological polar surface area (TPSA) is 198 Å². The Kier molecular flexibility index (Phi) is 15.2. The van der Waals surface area contributed by atoms with Gasteiger partial charge in [-0.15, -0.1) is 0 Å². The molecule has 2 fully saturated rings. The van der Waals surface area contributed by atoms with Crippen molar-refractivity contribution in [1.29, 1.82) is 0 Å². The molecular formula is C39H55N7O8. The quantitative estimate of drug-likeness (QED) is 0.130. The van der Waals surface area contributed by atoms with Crippen LogP contribution in [0.25, 0.3) is 0 Å². The Balaban J connectivity index is 1.56. The number of Topliss-reactive ketones (excluding diaryl/α,β-unsaturated/α-hetero) is 1. The van der Waals surface area contributed by atoms with Gasteiger partial charge in [0.15, 0.2) is 0 Å². The molecule has 0 radical (unpaired) electrons. The molecule has 1 aliphatic carbocycles. The van der Waals surface area contributed by atoms with E-state index in [1.54, 1.807) is 34.6 Å². The summed E-state index contributed by atoms with van der Waals surface area (Å²) in [5.74, 6) is -5.05. The lowest BCUT2D eigenvalue weighted by atomic mass is 9.92. The van der Waals surface area contributed by atoms with Gasteiger partial charge in [-0.2, -0.15) is 0 Å². The summed E-state index contributed by atoms with van der Waals surface area (Å²) >= 11 is 0. The lowest BCUT2D eigenvalue weighted by Gasteiger charge is -2.34. The molecule has 4 rings (SSSR count). The maximum Gasteiger partial charge on any atom is 0.290 e. The summed E-state index contributed by atoms with van der Waals surface area (Å²) in [6.07, 6.45) is 5.76. The van der Waals surface area contributed by atoms with E-state index in [9.17, 15) is 28.8 Å². The number of ether oxygens (including phenoxy) is 2. The average molecular weight is 750 g/mol. The van der Waals surface area contributed by atoms with Gasteiger partial charge in [0.1, 0.15) is 30.6 Å². The van der Waals surface area contributed by atoms with Crippen molar-refractivity contribution < 1.29 is 38.2 Å². The zero-order chi connectivity index (χ0) is 39.5. The second-order valence-corrected chi connectivity index (χ2v) is 14.8. The fourth-order valence-electron chi connectivity index (χ4n) is 7.37. The van der Waals surface area contributed by atoms with Crippen LogP contribution in [0.4, 0.5) is 0 Å². The number of amides is 5. The van der Waals surface area contributed by atoms with Gasteiger partial charge < -0.3 is 35.6 Å². The fraction of sp³-hybridized carbons (Fsp3) is 0.590. The van der Waals surface area contributed by atoms with Gasteiger partial charge in [-0.1, -0.05) is 71.4 Å². The van der Waals surface area contributed by atoms with Crippen LogP contribution in [0.15, 0.2) is 48.9 Å². The molecule has 1 saturated heterocycles. The largest absolute Gasteiger partial charge is 0.359 e. The standard InChI is InChI=1S/C39H55N7O8/c1-8-12-28(34(47)38(51)42-24(6)25-13-10-9-11-14-25)43-37(50)33-26-15-16-30(54-21-53-7)27(26)20-46(33)39(52)32(23(4)5)45-36(49)31(22(2)3)44-35(48)29-19-40-17-18-41-29/h9-11,13-14,17-19,22-24,26-28,30-33H,8,12,15-16,20-21H2,1-7H3,(H,42,51)(H,43,50)(H,44,48)(H,45,49)/t24-,26?,27+,28?,30?,31?,32?,33?/m1/s1. The molecule has 5 amide bonds. The number of fused-ring (bicyclic) bond motifs is 1. The summed E-state index contributed by atoms with van der Waals surface area (Å²) in [6.45, 7) is 11.0. The summed E-state index contributed by atoms with van der Waals surface area (Å²) in [6, 6.07) is 4.62. The molecule has 2 heterocycles. The van der Waals surface area contributed by atoms with Crippen LogP contribution < -0.4 is 21.3 Å². The highest BCUT2D eigenvalue weighted by atomic mass is 16.7. The third-order valence-corrected chi connectivity index (χ3v) is 10.3. The third-order valence-electron chi connectivity index (χ3n) is 10.3. The summed E-state index contributed by atoms with van der Waals surface area (Å²) in [4.78, 5) is 91.7. The Labute approximate surface area is 317 Å². The Hall–Kier alpha value is -4.76. The van der Waals surface area contributed by atoms with Gasteiger partial charge in [-0.25, -0.2) is 4.98 Å². The summed E-state index contributed by atoms with van der Waals surface area (Å²) in [5.41, 5.74) is 0.866. The van der Waals surface area contributed by atoms with Crippen LogP contribution in [-0.4, -0.2) is 101 Å². The Morgan fingerprint density at radius 1 is 0.870 bits per heavy atom. The van der Waals surface area contributed by atoms with Crippen molar-refractivity contribution in [3.05, 3.63) is 60.2 Å². The molecule has 1 aromatic heterocycles. The number of rotatable bonds is 18. The number of ketones is 1. The van der Waals surface area contributed by atoms with E-state index in [1.807, 2.05) is 37.3 Å².